The van der Waals surface area contributed by atoms with Crippen LogP contribution in [0.25, 0.3) is 0 Å². The molecule has 0 radical (unpaired) electrons. The Labute approximate surface area is 105 Å². The summed E-state index contributed by atoms with van der Waals surface area (Å²) in [7, 11) is 0. The van der Waals surface area contributed by atoms with E-state index >= 15 is 0 Å². The average Bonchev–Trinajstić information content (AvgIpc) is 2.56. The molecule has 1 atom stereocenters. The maximum absolute atomic E-state index is 11.1. The van der Waals surface area contributed by atoms with Gasteiger partial charge in [0.05, 0.1) is 5.92 Å². The molecule has 2 N–H and O–H groups in total. The van der Waals surface area contributed by atoms with E-state index in [1.807, 2.05) is 27.7 Å². The second-order valence-electron chi connectivity index (χ2n) is 5.31. The van der Waals surface area contributed by atoms with Crippen LogP contribution >= 0.6 is 11.3 Å². The lowest BCUT2D eigenvalue weighted by atomic mass is 9.84. The van der Waals surface area contributed by atoms with Gasteiger partial charge in [0, 0.05) is 6.54 Å². The molecule has 0 saturated heterocycles. The molecule has 0 spiro atoms. The molecule has 17 heavy (non-hydrogen) atoms. The zero-order valence-electron chi connectivity index (χ0n) is 10.6. The number of aromatic nitrogens is 2. The predicted octanol–water partition coefficient (Wildman–Crippen LogP) is 2.40. The van der Waals surface area contributed by atoms with Crippen molar-refractivity contribution in [3.63, 3.8) is 0 Å². The minimum absolute atomic E-state index is 0.00177. The van der Waals surface area contributed by atoms with Gasteiger partial charge in [0.2, 0.25) is 5.13 Å². The van der Waals surface area contributed by atoms with E-state index in [9.17, 15) is 4.79 Å². The third-order valence-corrected chi connectivity index (χ3v) is 3.03. The fourth-order valence-corrected chi connectivity index (χ4v) is 2.16. The van der Waals surface area contributed by atoms with Crippen LogP contribution in [0.3, 0.4) is 0 Å². The van der Waals surface area contributed by atoms with Crippen LogP contribution in [0.15, 0.2) is 0 Å². The first-order valence-corrected chi connectivity index (χ1v) is 6.36. The largest absolute Gasteiger partial charge is 0.481 e. The summed E-state index contributed by atoms with van der Waals surface area (Å²) >= 11 is 1.43. The molecule has 96 valence electrons. The van der Waals surface area contributed by atoms with Gasteiger partial charge in [0.1, 0.15) is 5.01 Å². The van der Waals surface area contributed by atoms with Crippen molar-refractivity contribution < 1.29 is 9.90 Å². The molecule has 1 rings (SSSR count). The summed E-state index contributed by atoms with van der Waals surface area (Å²) in [5.41, 5.74) is 0.00177. The highest BCUT2D eigenvalue weighted by molar-refractivity contribution is 7.15. The predicted molar refractivity (Wildman–Crippen MR) is 68.3 cm³/mol. The van der Waals surface area contributed by atoms with Gasteiger partial charge in [-0.15, -0.1) is 10.2 Å². The summed E-state index contributed by atoms with van der Waals surface area (Å²) < 4.78 is 0. The number of aliphatic carboxylic acids is 1. The fraction of sp³-hybridized carbons (Fsp3) is 0.727. The lowest BCUT2D eigenvalue weighted by Crippen LogP contribution is -2.27. The normalized spacial score (nSPS) is 13.4. The van der Waals surface area contributed by atoms with Crippen molar-refractivity contribution in [3.05, 3.63) is 5.01 Å². The maximum atomic E-state index is 11.1. The molecule has 0 aliphatic carbocycles. The third-order valence-electron chi connectivity index (χ3n) is 2.23. The van der Waals surface area contributed by atoms with Crippen molar-refractivity contribution >= 4 is 22.4 Å². The van der Waals surface area contributed by atoms with Crippen molar-refractivity contribution in [2.45, 2.75) is 34.1 Å². The third kappa shape index (κ3) is 5.12. The molecule has 6 heteroatoms. The quantitative estimate of drug-likeness (QED) is 0.847. The number of hydrogen-bond donors (Lipinski definition) is 2. The first kappa shape index (κ1) is 13.9. The molecular formula is C11H19N3O2S. The number of hydrogen-bond acceptors (Lipinski definition) is 5. The highest BCUT2D eigenvalue weighted by Crippen LogP contribution is 2.25. The van der Waals surface area contributed by atoms with E-state index in [1.165, 1.54) is 11.3 Å². The average molecular weight is 257 g/mol. The first-order chi connectivity index (χ1) is 7.78. The SMILES string of the molecule is Cc1nnc(NCC(CC(C)(C)C)C(=O)O)s1. The summed E-state index contributed by atoms with van der Waals surface area (Å²) in [5.74, 6) is -1.17. The van der Waals surface area contributed by atoms with Crippen LogP contribution in [0.2, 0.25) is 0 Å². The smallest absolute Gasteiger partial charge is 0.308 e. The lowest BCUT2D eigenvalue weighted by molar-refractivity contribution is -0.142. The molecule has 0 aromatic carbocycles. The second kappa shape index (κ2) is 5.44. The molecule has 1 unspecified atom stereocenters. The van der Waals surface area contributed by atoms with Gasteiger partial charge in [-0.3, -0.25) is 4.79 Å². The summed E-state index contributed by atoms with van der Waals surface area (Å²) in [6.07, 6.45) is 0.632. The van der Waals surface area contributed by atoms with Crippen LogP contribution in [0.4, 0.5) is 5.13 Å². The van der Waals surface area contributed by atoms with Gasteiger partial charge in [-0.25, -0.2) is 0 Å². The summed E-state index contributed by atoms with van der Waals surface area (Å²) in [6, 6.07) is 0. The van der Waals surface area contributed by atoms with E-state index in [4.69, 9.17) is 5.11 Å². The van der Waals surface area contributed by atoms with Crippen molar-refractivity contribution in [1.29, 1.82) is 0 Å². The van der Waals surface area contributed by atoms with Crippen LogP contribution < -0.4 is 5.32 Å². The molecule has 0 aliphatic heterocycles. The molecule has 0 aliphatic rings. The van der Waals surface area contributed by atoms with Crippen LogP contribution in [0.1, 0.15) is 32.2 Å². The number of carboxylic acids is 1. The number of carbonyl (C=O) groups is 1. The van der Waals surface area contributed by atoms with E-state index in [2.05, 4.69) is 15.5 Å². The monoisotopic (exact) mass is 257 g/mol. The number of anilines is 1. The molecule has 1 heterocycles. The Morgan fingerprint density at radius 2 is 2.12 bits per heavy atom. The standard InChI is InChI=1S/C11H19N3O2S/c1-7-13-14-10(17-7)12-6-8(9(15)16)5-11(2,3)4/h8H,5-6H2,1-4H3,(H,12,14)(H,15,16). The molecule has 5 nitrogen and oxygen atoms in total. The van der Waals surface area contributed by atoms with Gasteiger partial charge < -0.3 is 10.4 Å². The van der Waals surface area contributed by atoms with Crippen LogP contribution in [0, 0.1) is 18.3 Å². The molecule has 0 saturated carbocycles. The topological polar surface area (TPSA) is 75.1 Å². The van der Waals surface area contributed by atoms with E-state index < -0.39 is 11.9 Å². The van der Waals surface area contributed by atoms with Gasteiger partial charge in [0.25, 0.3) is 0 Å². The van der Waals surface area contributed by atoms with Gasteiger partial charge >= 0.3 is 5.97 Å². The Hall–Kier alpha value is -1.17. The lowest BCUT2D eigenvalue weighted by Gasteiger charge is -2.23. The summed E-state index contributed by atoms with van der Waals surface area (Å²) in [4.78, 5) is 11.1. The van der Waals surface area contributed by atoms with Crippen molar-refractivity contribution in [2.24, 2.45) is 11.3 Å². The zero-order valence-corrected chi connectivity index (χ0v) is 11.5. The molecule has 0 fully saturated rings. The highest BCUT2D eigenvalue weighted by atomic mass is 32.1. The van der Waals surface area contributed by atoms with Crippen LogP contribution in [-0.2, 0) is 4.79 Å². The van der Waals surface area contributed by atoms with Gasteiger partial charge in [-0.1, -0.05) is 32.1 Å². The van der Waals surface area contributed by atoms with Crippen LogP contribution in [0.5, 0.6) is 0 Å². The number of nitrogens with one attached hydrogen (secondary N) is 1. The molecule has 1 aromatic rings. The van der Waals surface area contributed by atoms with E-state index in [0.29, 0.717) is 18.1 Å². The number of aryl methyl sites for hydroxylation is 1. The Kier molecular flexibility index (Phi) is 4.45. The summed E-state index contributed by atoms with van der Waals surface area (Å²) in [6.45, 7) is 8.38. The Morgan fingerprint density at radius 3 is 2.53 bits per heavy atom. The summed E-state index contributed by atoms with van der Waals surface area (Å²) in [5, 5.41) is 21.5. The van der Waals surface area contributed by atoms with Crippen molar-refractivity contribution in [1.82, 2.24) is 10.2 Å². The van der Waals surface area contributed by atoms with E-state index in [1.54, 1.807) is 0 Å². The van der Waals surface area contributed by atoms with E-state index in [-0.39, 0.29) is 5.41 Å². The highest BCUT2D eigenvalue weighted by Gasteiger charge is 2.24. The number of nitrogens with zero attached hydrogens (tertiary/aromatic N) is 2. The zero-order chi connectivity index (χ0) is 13.1. The first-order valence-electron chi connectivity index (χ1n) is 5.55. The molecule has 1 aromatic heterocycles. The molecule has 0 amide bonds. The fourth-order valence-electron chi connectivity index (χ4n) is 1.56. The van der Waals surface area contributed by atoms with Crippen molar-refractivity contribution in [2.75, 3.05) is 11.9 Å². The maximum Gasteiger partial charge on any atom is 0.308 e. The Balaban J connectivity index is 2.53. The molecular weight excluding hydrogens is 238 g/mol. The van der Waals surface area contributed by atoms with Gasteiger partial charge in [-0.05, 0) is 18.8 Å². The Bertz CT molecular complexity index is 384. The Morgan fingerprint density at radius 1 is 1.47 bits per heavy atom. The van der Waals surface area contributed by atoms with Gasteiger partial charge in [0.15, 0.2) is 0 Å². The van der Waals surface area contributed by atoms with Gasteiger partial charge in [-0.2, -0.15) is 0 Å². The minimum Gasteiger partial charge on any atom is -0.481 e. The van der Waals surface area contributed by atoms with Crippen molar-refractivity contribution in [3.8, 4) is 0 Å². The second-order valence-corrected chi connectivity index (χ2v) is 6.49. The number of carboxylic acid groups (broad SMARTS) is 1. The minimum atomic E-state index is -0.770. The number of rotatable bonds is 5. The van der Waals surface area contributed by atoms with E-state index in [0.717, 1.165) is 5.01 Å². The van der Waals surface area contributed by atoms with Crippen LogP contribution in [-0.4, -0.2) is 27.8 Å². The molecule has 0 bridgehead atoms.